The Bertz CT molecular complexity index is 1400. The molecule has 2 heterocycles. The third-order valence-corrected chi connectivity index (χ3v) is 5.95. The molecule has 0 bridgehead atoms. The Labute approximate surface area is 171 Å². The summed E-state index contributed by atoms with van der Waals surface area (Å²) in [5, 5.41) is 12.3. The molecule has 0 saturated carbocycles. The minimum absolute atomic E-state index is 0.344. The van der Waals surface area contributed by atoms with Gasteiger partial charge in [0.2, 0.25) is 0 Å². The fraction of sp³-hybridized carbons (Fsp3) is 0.0870. The molecule has 3 aromatic carbocycles. The Morgan fingerprint density at radius 1 is 1.03 bits per heavy atom. The summed E-state index contributed by atoms with van der Waals surface area (Å²) in [6.07, 6.45) is 1.72. The van der Waals surface area contributed by atoms with Gasteiger partial charge >= 0.3 is 5.63 Å². The van der Waals surface area contributed by atoms with Gasteiger partial charge in [0.05, 0.1) is 5.69 Å². The van der Waals surface area contributed by atoms with E-state index in [1.165, 1.54) is 0 Å². The van der Waals surface area contributed by atoms with Crippen molar-refractivity contribution in [1.82, 2.24) is 14.8 Å². The Kier molecular flexibility index (Phi) is 4.41. The van der Waals surface area contributed by atoms with Crippen molar-refractivity contribution in [2.75, 3.05) is 0 Å². The number of rotatable bonds is 4. The van der Waals surface area contributed by atoms with Crippen molar-refractivity contribution < 1.29 is 4.42 Å². The Hall–Kier alpha value is -3.38. The van der Waals surface area contributed by atoms with Crippen LogP contribution in [0.1, 0.15) is 11.1 Å². The predicted octanol–water partition coefficient (Wildman–Crippen LogP) is 5.13. The van der Waals surface area contributed by atoms with Crippen molar-refractivity contribution in [3.8, 4) is 5.69 Å². The van der Waals surface area contributed by atoms with Crippen LogP contribution >= 0.6 is 11.8 Å². The number of aromatic nitrogens is 3. The highest BCUT2D eigenvalue weighted by atomic mass is 32.2. The third kappa shape index (κ3) is 3.21. The number of nitrogens with zero attached hydrogens (tertiary/aromatic N) is 3. The number of hydrogen-bond donors (Lipinski definition) is 0. The molecule has 0 unspecified atom stereocenters. The van der Waals surface area contributed by atoms with E-state index in [0.29, 0.717) is 11.3 Å². The van der Waals surface area contributed by atoms with E-state index >= 15 is 0 Å². The number of aryl methyl sites for hydroxylation is 1. The van der Waals surface area contributed by atoms with Crippen LogP contribution in [0.15, 0.2) is 87.4 Å². The average Bonchev–Trinajstić information content (AvgIpc) is 3.20. The number of thioether (sulfide) groups is 1. The fourth-order valence-corrected chi connectivity index (χ4v) is 4.50. The second-order valence-electron chi connectivity index (χ2n) is 6.81. The Balaban J connectivity index is 1.58. The summed E-state index contributed by atoms with van der Waals surface area (Å²) >= 11 is 1.55. The third-order valence-electron chi connectivity index (χ3n) is 4.96. The number of hydrogen-bond acceptors (Lipinski definition) is 5. The quantitative estimate of drug-likeness (QED) is 0.238. The van der Waals surface area contributed by atoms with Crippen LogP contribution in [0.2, 0.25) is 0 Å². The zero-order valence-corrected chi connectivity index (χ0v) is 16.5. The van der Waals surface area contributed by atoms with Crippen LogP contribution in [-0.4, -0.2) is 14.8 Å². The van der Waals surface area contributed by atoms with E-state index in [2.05, 4.69) is 35.3 Å². The van der Waals surface area contributed by atoms with Gasteiger partial charge in [-0.3, -0.25) is 4.57 Å². The molecule has 142 valence electrons. The molecule has 0 aliphatic carbocycles. The van der Waals surface area contributed by atoms with Gasteiger partial charge in [-0.2, -0.15) is 0 Å². The summed E-state index contributed by atoms with van der Waals surface area (Å²) in [6, 6.07) is 21.7. The first-order valence-corrected chi connectivity index (χ1v) is 10.2. The van der Waals surface area contributed by atoms with Gasteiger partial charge in [0.1, 0.15) is 11.9 Å². The molecule has 6 heteroatoms. The average molecular weight is 399 g/mol. The molecule has 5 aromatic rings. The molecule has 29 heavy (non-hydrogen) atoms. The van der Waals surface area contributed by atoms with E-state index in [0.717, 1.165) is 38.1 Å². The highest BCUT2D eigenvalue weighted by Gasteiger charge is 2.13. The predicted molar refractivity (Wildman–Crippen MR) is 116 cm³/mol. The van der Waals surface area contributed by atoms with E-state index in [9.17, 15) is 4.79 Å². The molecule has 0 fully saturated rings. The van der Waals surface area contributed by atoms with Crippen LogP contribution in [0.3, 0.4) is 0 Å². The van der Waals surface area contributed by atoms with E-state index in [-0.39, 0.29) is 5.63 Å². The SMILES string of the molecule is Cc1ccccc1-n1cnnc1SCc1cc(=O)oc2ccc3ccccc3c12. The number of para-hydroxylation sites is 1. The molecule has 0 radical (unpaired) electrons. The van der Waals surface area contributed by atoms with Crippen molar-refractivity contribution >= 4 is 33.5 Å². The lowest BCUT2D eigenvalue weighted by atomic mass is 10.0. The van der Waals surface area contributed by atoms with Crippen LogP contribution in [0.5, 0.6) is 0 Å². The van der Waals surface area contributed by atoms with E-state index in [1.54, 1.807) is 24.2 Å². The molecule has 5 nitrogen and oxygen atoms in total. The van der Waals surface area contributed by atoms with Gasteiger partial charge in [-0.05, 0) is 41.0 Å². The van der Waals surface area contributed by atoms with Crippen molar-refractivity contribution in [1.29, 1.82) is 0 Å². The summed E-state index contributed by atoms with van der Waals surface area (Å²) in [5.74, 6) is 0.584. The minimum atomic E-state index is -0.344. The van der Waals surface area contributed by atoms with Gasteiger partial charge in [0.25, 0.3) is 0 Å². The molecular formula is C23H17N3O2S. The van der Waals surface area contributed by atoms with Crippen molar-refractivity contribution in [3.05, 3.63) is 94.6 Å². The largest absolute Gasteiger partial charge is 0.423 e. The molecule has 0 N–H and O–H groups in total. The van der Waals surface area contributed by atoms with E-state index < -0.39 is 0 Å². The highest BCUT2D eigenvalue weighted by Crippen LogP contribution is 2.31. The first-order valence-electron chi connectivity index (χ1n) is 9.24. The van der Waals surface area contributed by atoms with E-state index in [1.807, 2.05) is 47.0 Å². The van der Waals surface area contributed by atoms with Crippen LogP contribution in [-0.2, 0) is 5.75 Å². The number of benzene rings is 3. The normalized spacial score (nSPS) is 11.3. The molecule has 0 aliphatic heterocycles. The van der Waals surface area contributed by atoms with Gasteiger partial charge < -0.3 is 4.42 Å². The minimum Gasteiger partial charge on any atom is -0.423 e. The lowest BCUT2D eigenvalue weighted by molar-refractivity contribution is 0.560. The summed E-state index contributed by atoms with van der Waals surface area (Å²) in [7, 11) is 0. The molecule has 0 saturated heterocycles. The van der Waals surface area contributed by atoms with Crippen LogP contribution in [0, 0.1) is 6.92 Å². The van der Waals surface area contributed by atoms with Gasteiger partial charge in [-0.1, -0.05) is 60.3 Å². The molecule has 2 aromatic heterocycles. The summed E-state index contributed by atoms with van der Waals surface area (Å²) in [5.41, 5.74) is 3.38. The molecule has 0 aliphatic rings. The summed E-state index contributed by atoms with van der Waals surface area (Å²) < 4.78 is 7.44. The van der Waals surface area contributed by atoms with Gasteiger partial charge in [-0.25, -0.2) is 4.79 Å². The highest BCUT2D eigenvalue weighted by molar-refractivity contribution is 7.98. The Morgan fingerprint density at radius 2 is 1.86 bits per heavy atom. The molecule has 0 amide bonds. The molecule has 5 rings (SSSR count). The smallest absolute Gasteiger partial charge is 0.336 e. The zero-order chi connectivity index (χ0) is 19.8. The number of fused-ring (bicyclic) bond motifs is 3. The monoisotopic (exact) mass is 399 g/mol. The molecular weight excluding hydrogens is 382 g/mol. The van der Waals surface area contributed by atoms with Gasteiger partial charge in [0.15, 0.2) is 5.16 Å². The Morgan fingerprint density at radius 3 is 2.76 bits per heavy atom. The van der Waals surface area contributed by atoms with Crippen molar-refractivity contribution in [3.63, 3.8) is 0 Å². The van der Waals surface area contributed by atoms with Crippen molar-refractivity contribution in [2.45, 2.75) is 17.8 Å². The second-order valence-corrected chi connectivity index (χ2v) is 7.75. The van der Waals surface area contributed by atoms with Crippen LogP contribution < -0.4 is 5.63 Å². The van der Waals surface area contributed by atoms with Gasteiger partial charge in [-0.15, -0.1) is 10.2 Å². The molecule has 0 atom stereocenters. The van der Waals surface area contributed by atoms with Crippen LogP contribution in [0.25, 0.3) is 27.4 Å². The first kappa shape index (κ1) is 17.7. The summed E-state index contributed by atoms with van der Waals surface area (Å²) in [6.45, 7) is 2.06. The second kappa shape index (κ2) is 7.22. The van der Waals surface area contributed by atoms with E-state index in [4.69, 9.17) is 4.42 Å². The lowest BCUT2D eigenvalue weighted by Gasteiger charge is -2.10. The standard InChI is InChI=1S/C23H17N3O2S/c1-15-6-2-5-9-19(15)26-14-24-25-23(26)29-13-17-12-21(27)28-20-11-10-16-7-3-4-8-18(16)22(17)20/h2-12,14H,13H2,1H3. The maximum atomic E-state index is 12.1. The molecule has 0 spiro atoms. The topological polar surface area (TPSA) is 60.9 Å². The fourth-order valence-electron chi connectivity index (χ4n) is 3.60. The maximum absolute atomic E-state index is 12.1. The first-order chi connectivity index (χ1) is 14.2. The lowest BCUT2D eigenvalue weighted by Crippen LogP contribution is -2.01. The maximum Gasteiger partial charge on any atom is 0.336 e. The van der Waals surface area contributed by atoms with Crippen molar-refractivity contribution in [2.24, 2.45) is 0 Å². The zero-order valence-electron chi connectivity index (χ0n) is 15.7. The van der Waals surface area contributed by atoms with Gasteiger partial charge in [0, 0.05) is 17.2 Å². The summed E-state index contributed by atoms with van der Waals surface area (Å²) in [4.78, 5) is 12.1. The van der Waals surface area contributed by atoms with Crippen LogP contribution in [0.4, 0.5) is 0 Å².